The van der Waals surface area contributed by atoms with Crippen molar-refractivity contribution < 1.29 is 13.9 Å². The quantitative estimate of drug-likeness (QED) is 0.389. The monoisotopic (exact) mass is 454 g/mol. The molecular weight excluding hydrogens is 424 g/mol. The van der Waals surface area contributed by atoms with E-state index in [0.717, 1.165) is 30.9 Å². The summed E-state index contributed by atoms with van der Waals surface area (Å²) in [5, 5.41) is 11.3. The molecule has 7 nitrogen and oxygen atoms in total. The molecule has 1 amide bonds. The molecule has 1 N–H and O–H groups in total. The Kier molecular flexibility index (Phi) is 9.59. The molecule has 3 rings (SSSR count). The third-order valence-corrected chi connectivity index (χ3v) is 5.56. The first-order valence-corrected chi connectivity index (χ1v) is 11.9. The van der Waals surface area contributed by atoms with Gasteiger partial charge in [-0.15, -0.1) is 22.0 Å². The number of carbonyl (C=O) groups is 1. The van der Waals surface area contributed by atoms with E-state index in [4.69, 9.17) is 9.15 Å². The lowest BCUT2D eigenvalue weighted by Crippen LogP contribution is -2.25. The summed E-state index contributed by atoms with van der Waals surface area (Å²) in [6, 6.07) is 17.1. The molecule has 0 aliphatic carbocycles. The highest BCUT2D eigenvalue weighted by Crippen LogP contribution is 2.24. The largest absolute Gasteiger partial charge is 0.493 e. The Labute approximate surface area is 193 Å². The zero-order valence-electron chi connectivity index (χ0n) is 18.6. The van der Waals surface area contributed by atoms with Gasteiger partial charge in [0.1, 0.15) is 5.75 Å². The number of thioether (sulfide) groups is 1. The number of amides is 1. The van der Waals surface area contributed by atoms with Crippen LogP contribution >= 0.6 is 11.8 Å². The van der Waals surface area contributed by atoms with E-state index in [1.807, 2.05) is 62.6 Å². The Bertz CT molecular complexity index is 963. The van der Waals surface area contributed by atoms with Crippen molar-refractivity contribution in [2.45, 2.75) is 18.6 Å². The van der Waals surface area contributed by atoms with Gasteiger partial charge in [-0.25, -0.2) is 0 Å². The number of aromatic nitrogens is 2. The molecule has 2 aromatic carbocycles. The number of hydrogen-bond acceptors (Lipinski definition) is 7. The van der Waals surface area contributed by atoms with Crippen LogP contribution in [0.1, 0.15) is 29.1 Å². The Morgan fingerprint density at radius 2 is 1.84 bits per heavy atom. The third-order valence-electron chi connectivity index (χ3n) is 4.65. The van der Waals surface area contributed by atoms with Gasteiger partial charge in [-0.05, 0) is 57.7 Å². The molecule has 0 fully saturated rings. The average Bonchev–Trinajstić information content (AvgIpc) is 3.28. The summed E-state index contributed by atoms with van der Waals surface area (Å²) in [6.45, 7) is 2.25. The highest BCUT2D eigenvalue weighted by Gasteiger charge is 2.17. The van der Waals surface area contributed by atoms with E-state index >= 15 is 0 Å². The zero-order chi connectivity index (χ0) is 22.6. The van der Waals surface area contributed by atoms with Gasteiger partial charge in [-0.1, -0.05) is 30.3 Å². The Morgan fingerprint density at radius 3 is 2.66 bits per heavy atom. The summed E-state index contributed by atoms with van der Waals surface area (Å²) >= 11 is 1.66. The molecule has 0 aliphatic heterocycles. The second kappa shape index (κ2) is 12.9. The first-order valence-electron chi connectivity index (χ1n) is 10.7. The van der Waals surface area contributed by atoms with Crippen LogP contribution in [0.3, 0.4) is 0 Å². The molecule has 0 spiro atoms. The van der Waals surface area contributed by atoms with Crippen molar-refractivity contribution in [1.29, 1.82) is 0 Å². The molecule has 0 radical (unpaired) electrons. The summed E-state index contributed by atoms with van der Waals surface area (Å²) < 4.78 is 11.5. The molecule has 0 aliphatic rings. The van der Waals surface area contributed by atoms with Crippen molar-refractivity contribution in [2.24, 2.45) is 0 Å². The molecule has 1 heterocycles. The van der Waals surface area contributed by atoms with Crippen molar-refractivity contribution >= 4 is 17.7 Å². The normalized spacial score (nSPS) is 11.0. The predicted molar refractivity (Wildman–Crippen MR) is 128 cm³/mol. The van der Waals surface area contributed by atoms with Crippen molar-refractivity contribution in [3.05, 3.63) is 66.1 Å². The summed E-state index contributed by atoms with van der Waals surface area (Å²) in [5.74, 6) is 3.02. The molecular formula is C24H30N4O3S. The number of unbranched alkanes of at least 4 members (excludes halogenated alkanes) is 1. The molecule has 8 heteroatoms. The number of para-hydroxylation sites is 1. The van der Waals surface area contributed by atoms with Gasteiger partial charge in [0.2, 0.25) is 11.8 Å². The van der Waals surface area contributed by atoms with Crippen LogP contribution in [0, 0.1) is 0 Å². The molecule has 170 valence electrons. The zero-order valence-corrected chi connectivity index (χ0v) is 19.4. The fourth-order valence-corrected chi connectivity index (χ4v) is 3.67. The van der Waals surface area contributed by atoms with E-state index in [1.54, 1.807) is 17.8 Å². The minimum absolute atomic E-state index is 0.127. The first-order chi connectivity index (χ1) is 15.6. The van der Waals surface area contributed by atoms with Gasteiger partial charge in [0.15, 0.2) is 0 Å². The maximum atomic E-state index is 12.7. The summed E-state index contributed by atoms with van der Waals surface area (Å²) in [7, 11) is 4.09. The molecule has 1 aromatic heterocycles. The Morgan fingerprint density at radius 1 is 1.06 bits per heavy atom. The Balaban J connectivity index is 1.48. The van der Waals surface area contributed by atoms with Gasteiger partial charge in [0.25, 0.3) is 5.91 Å². The Hall–Kier alpha value is -2.84. The fourth-order valence-electron chi connectivity index (χ4n) is 3.03. The number of carbonyl (C=O) groups excluding carboxylic acids is 1. The maximum Gasteiger partial charge on any atom is 0.252 e. The van der Waals surface area contributed by atoms with E-state index in [9.17, 15) is 4.79 Å². The van der Waals surface area contributed by atoms with Crippen LogP contribution in [0.15, 0.2) is 59.0 Å². The number of benzene rings is 2. The van der Waals surface area contributed by atoms with Crippen LogP contribution in [0.25, 0.3) is 11.5 Å². The number of nitrogens with one attached hydrogen (secondary N) is 1. The lowest BCUT2D eigenvalue weighted by Gasteiger charge is -2.10. The lowest BCUT2D eigenvalue weighted by molar-refractivity contribution is 0.0953. The van der Waals surface area contributed by atoms with Crippen molar-refractivity contribution in [1.82, 2.24) is 20.4 Å². The van der Waals surface area contributed by atoms with E-state index in [2.05, 4.69) is 20.4 Å². The van der Waals surface area contributed by atoms with Crippen molar-refractivity contribution in [3.8, 4) is 17.2 Å². The third kappa shape index (κ3) is 7.69. The molecule has 0 atom stereocenters. The van der Waals surface area contributed by atoms with Gasteiger partial charge < -0.3 is 19.4 Å². The highest BCUT2D eigenvalue weighted by atomic mass is 32.2. The number of nitrogens with zero attached hydrogens (tertiary/aromatic N) is 3. The predicted octanol–water partition coefficient (Wildman–Crippen LogP) is 4.12. The minimum atomic E-state index is -0.127. The van der Waals surface area contributed by atoms with E-state index < -0.39 is 0 Å². The summed E-state index contributed by atoms with van der Waals surface area (Å²) in [6.07, 6.45) is 1.97. The van der Waals surface area contributed by atoms with Gasteiger partial charge in [-0.2, -0.15) is 0 Å². The van der Waals surface area contributed by atoms with Crippen molar-refractivity contribution in [3.63, 3.8) is 0 Å². The minimum Gasteiger partial charge on any atom is -0.493 e. The number of hydrogen-bond donors (Lipinski definition) is 1. The van der Waals surface area contributed by atoms with Gasteiger partial charge >= 0.3 is 0 Å². The standard InChI is InChI=1S/C24H30N4O3S/c1-28(2)15-9-8-14-25-23(29)20-12-6-7-13-21(20)24-27-26-22(31-24)18-32-17-16-30-19-10-4-3-5-11-19/h3-7,10-13H,8-9,14-18H2,1-2H3,(H,25,29). The van der Waals surface area contributed by atoms with Crippen LogP contribution in [-0.4, -0.2) is 60.5 Å². The van der Waals surface area contributed by atoms with Crippen LogP contribution in [0.4, 0.5) is 0 Å². The highest BCUT2D eigenvalue weighted by molar-refractivity contribution is 7.98. The molecule has 3 aromatic rings. The average molecular weight is 455 g/mol. The summed E-state index contributed by atoms with van der Waals surface area (Å²) in [4.78, 5) is 14.8. The van der Waals surface area contributed by atoms with E-state index in [0.29, 0.717) is 41.8 Å². The SMILES string of the molecule is CN(C)CCCCNC(=O)c1ccccc1-c1nnc(CSCCOc2ccccc2)o1. The smallest absolute Gasteiger partial charge is 0.252 e. The molecule has 0 bridgehead atoms. The lowest BCUT2D eigenvalue weighted by atomic mass is 10.1. The second-order valence-corrected chi connectivity index (χ2v) is 8.63. The van der Waals surface area contributed by atoms with Crippen molar-refractivity contribution in [2.75, 3.05) is 39.5 Å². The van der Waals surface area contributed by atoms with Crippen LogP contribution in [-0.2, 0) is 5.75 Å². The maximum absolute atomic E-state index is 12.7. The molecule has 0 unspecified atom stereocenters. The number of ether oxygens (including phenoxy) is 1. The van der Waals surface area contributed by atoms with Crippen LogP contribution < -0.4 is 10.1 Å². The topological polar surface area (TPSA) is 80.5 Å². The molecule has 0 saturated heterocycles. The fraction of sp³-hybridized carbons (Fsp3) is 0.375. The molecule has 0 saturated carbocycles. The second-order valence-electron chi connectivity index (χ2n) is 7.53. The van der Waals surface area contributed by atoms with Gasteiger partial charge in [-0.3, -0.25) is 4.79 Å². The number of rotatable bonds is 13. The van der Waals surface area contributed by atoms with E-state index in [-0.39, 0.29) is 5.91 Å². The van der Waals surface area contributed by atoms with Crippen LogP contribution in [0.5, 0.6) is 5.75 Å². The van der Waals surface area contributed by atoms with Gasteiger partial charge in [0.05, 0.1) is 23.5 Å². The van der Waals surface area contributed by atoms with Gasteiger partial charge in [0, 0.05) is 12.3 Å². The molecule has 32 heavy (non-hydrogen) atoms. The van der Waals surface area contributed by atoms with E-state index in [1.165, 1.54) is 0 Å². The summed E-state index contributed by atoms with van der Waals surface area (Å²) in [5.41, 5.74) is 1.19. The first kappa shape index (κ1) is 23.8. The van der Waals surface area contributed by atoms with Crippen LogP contribution in [0.2, 0.25) is 0 Å².